The number of hydrogen-bond acceptors (Lipinski definition) is 1. The zero-order valence-corrected chi connectivity index (χ0v) is 11.1. The van der Waals surface area contributed by atoms with E-state index in [-0.39, 0.29) is 0 Å². The molecule has 0 saturated heterocycles. The van der Waals surface area contributed by atoms with E-state index in [9.17, 15) is 0 Å². The van der Waals surface area contributed by atoms with E-state index in [2.05, 4.69) is 39.8 Å². The smallest absolute Gasteiger partial charge is 0.125 e. The normalized spacial score (nSPS) is 17.6. The molecule has 0 amide bonds. The number of methoxy groups -OCH3 is 1. The summed E-state index contributed by atoms with van der Waals surface area (Å²) in [4.78, 5) is 0. The topological polar surface area (TPSA) is 9.23 Å². The molecule has 0 spiro atoms. The zero-order chi connectivity index (χ0) is 11.9. The van der Waals surface area contributed by atoms with Gasteiger partial charge in [0.1, 0.15) is 5.75 Å². The Balaban J connectivity index is 2.52. The molecular weight excluding hydrogens is 196 g/mol. The lowest BCUT2D eigenvalue weighted by Crippen LogP contribution is -2.05. The summed E-state index contributed by atoms with van der Waals surface area (Å²) in [5.41, 5.74) is 4.57. The van der Waals surface area contributed by atoms with Gasteiger partial charge in [-0.05, 0) is 47.8 Å². The Morgan fingerprint density at radius 3 is 2.31 bits per heavy atom. The molecule has 88 valence electrons. The van der Waals surface area contributed by atoms with Crippen LogP contribution in [0.25, 0.3) is 0 Å². The fourth-order valence-electron chi connectivity index (χ4n) is 2.33. The minimum atomic E-state index is 0.445. The number of hydrogen-bond donors (Lipinski definition) is 0. The molecule has 1 nitrogen and oxygen atoms in total. The van der Waals surface area contributed by atoms with E-state index in [1.807, 2.05) is 0 Å². The first-order valence-electron chi connectivity index (χ1n) is 6.17. The third kappa shape index (κ3) is 1.83. The molecule has 1 heteroatoms. The average Bonchev–Trinajstić information content (AvgIpc) is 2.96. The Morgan fingerprint density at radius 1 is 1.25 bits per heavy atom. The highest BCUT2D eigenvalue weighted by Crippen LogP contribution is 2.49. The van der Waals surface area contributed by atoms with Crippen LogP contribution in [0.2, 0.25) is 0 Å². The van der Waals surface area contributed by atoms with Crippen molar-refractivity contribution in [3.05, 3.63) is 28.8 Å². The van der Waals surface area contributed by atoms with Crippen molar-refractivity contribution in [2.24, 2.45) is 0 Å². The van der Waals surface area contributed by atoms with Crippen LogP contribution in [-0.2, 0) is 5.41 Å². The van der Waals surface area contributed by atoms with Crippen LogP contribution < -0.4 is 4.74 Å². The van der Waals surface area contributed by atoms with Crippen LogP contribution in [0.4, 0.5) is 0 Å². The SMILES string of the molecule is COc1c(C)cc(C2(C)CC2)cc1C(C)C. The second-order valence-corrected chi connectivity index (χ2v) is 5.63. The summed E-state index contributed by atoms with van der Waals surface area (Å²) in [5.74, 6) is 1.60. The van der Waals surface area contributed by atoms with Crippen LogP contribution in [0.5, 0.6) is 5.75 Å². The molecule has 2 rings (SSSR count). The van der Waals surface area contributed by atoms with Gasteiger partial charge in [-0.3, -0.25) is 0 Å². The third-order valence-corrected chi connectivity index (χ3v) is 3.83. The first kappa shape index (κ1) is 11.5. The highest BCUT2D eigenvalue weighted by atomic mass is 16.5. The number of rotatable bonds is 3. The first-order chi connectivity index (χ1) is 7.48. The Bertz CT molecular complexity index is 400. The minimum absolute atomic E-state index is 0.445. The number of benzene rings is 1. The highest BCUT2D eigenvalue weighted by molar-refractivity contribution is 5.48. The Labute approximate surface area is 98.8 Å². The van der Waals surface area contributed by atoms with Crippen LogP contribution in [0.15, 0.2) is 12.1 Å². The summed E-state index contributed by atoms with van der Waals surface area (Å²) in [5, 5.41) is 0. The van der Waals surface area contributed by atoms with Crippen molar-refractivity contribution in [3.8, 4) is 5.75 Å². The van der Waals surface area contributed by atoms with Crippen molar-refractivity contribution in [3.63, 3.8) is 0 Å². The maximum atomic E-state index is 5.53. The third-order valence-electron chi connectivity index (χ3n) is 3.83. The van der Waals surface area contributed by atoms with Gasteiger partial charge in [-0.2, -0.15) is 0 Å². The molecule has 0 atom stereocenters. The van der Waals surface area contributed by atoms with Crippen LogP contribution in [-0.4, -0.2) is 7.11 Å². The largest absolute Gasteiger partial charge is 0.496 e. The van der Waals surface area contributed by atoms with E-state index in [1.165, 1.54) is 29.5 Å². The molecule has 0 aliphatic heterocycles. The molecule has 1 aromatic rings. The zero-order valence-electron chi connectivity index (χ0n) is 11.1. The summed E-state index contributed by atoms with van der Waals surface area (Å²) < 4.78 is 5.53. The molecule has 1 saturated carbocycles. The van der Waals surface area contributed by atoms with Crippen molar-refractivity contribution in [1.29, 1.82) is 0 Å². The predicted octanol–water partition coefficient (Wildman–Crippen LogP) is 4.18. The lowest BCUT2D eigenvalue weighted by Gasteiger charge is -2.19. The van der Waals surface area contributed by atoms with Crippen molar-refractivity contribution < 1.29 is 4.74 Å². The molecule has 1 fully saturated rings. The molecular formula is C15H22O. The summed E-state index contributed by atoms with van der Waals surface area (Å²) in [6.07, 6.45) is 2.66. The van der Waals surface area contributed by atoms with Crippen LogP contribution in [0.1, 0.15) is 56.2 Å². The molecule has 1 aliphatic rings. The van der Waals surface area contributed by atoms with Crippen LogP contribution in [0, 0.1) is 6.92 Å². The van der Waals surface area contributed by atoms with E-state index in [1.54, 1.807) is 7.11 Å². The maximum Gasteiger partial charge on any atom is 0.125 e. The molecule has 0 bridgehead atoms. The number of ether oxygens (including phenoxy) is 1. The Hall–Kier alpha value is -0.980. The summed E-state index contributed by atoms with van der Waals surface area (Å²) >= 11 is 0. The number of aryl methyl sites for hydroxylation is 1. The van der Waals surface area contributed by atoms with Gasteiger partial charge in [0.05, 0.1) is 7.11 Å². The predicted molar refractivity (Wildman–Crippen MR) is 68.4 cm³/mol. The monoisotopic (exact) mass is 218 g/mol. The van der Waals surface area contributed by atoms with Gasteiger partial charge < -0.3 is 4.74 Å². The van der Waals surface area contributed by atoms with Crippen LogP contribution >= 0.6 is 0 Å². The van der Waals surface area contributed by atoms with Crippen molar-refractivity contribution in [2.75, 3.05) is 7.11 Å². The summed E-state index contributed by atoms with van der Waals surface area (Å²) in [6, 6.07) is 4.65. The van der Waals surface area contributed by atoms with Gasteiger partial charge >= 0.3 is 0 Å². The van der Waals surface area contributed by atoms with Crippen LogP contribution in [0.3, 0.4) is 0 Å². The molecule has 0 N–H and O–H groups in total. The van der Waals surface area contributed by atoms with Gasteiger partial charge in [0.15, 0.2) is 0 Å². The van der Waals surface area contributed by atoms with E-state index in [4.69, 9.17) is 4.74 Å². The quantitative estimate of drug-likeness (QED) is 0.739. The van der Waals surface area contributed by atoms with Gasteiger partial charge in [0.25, 0.3) is 0 Å². The standard InChI is InChI=1S/C15H22O/c1-10(2)13-9-12(15(4)6-7-15)8-11(3)14(13)16-5/h8-10H,6-7H2,1-5H3. The Kier molecular flexibility index (Phi) is 2.73. The second-order valence-electron chi connectivity index (χ2n) is 5.63. The summed E-state index contributed by atoms with van der Waals surface area (Å²) in [6.45, 7) is 8.98. The minimum Gasteiger partial charge on any atom is -0.496 e. The van der Waals surface area contributed by atoms with E-state index in [0.717, 1.165) is 5.75 Å². The fourth-order valence-corrected chi connectivity index (χ4v) is 2.33. The van der Waals surface area contributed by atoms with E-state index >= 15 is 0 Å². The summed E-state index contributed by atoms with van der Waals surface area (Å²) in [7, 11) is 1.77. The van der Waals surface area contributed by atoms with Gasteiger partial charge in [0, 0.05) is 0 Å². The maximum absolute atomic E-state index is 5.53. The Morgan fingerprint density at radius 2 is 1.88 bits per heavy atom. The van der Waals surface area contributed by atoms with Crippen molar-refractivity contribution in [1.82, 2.24) is 0 Å². The molecule has 0 aromatic heterocycles. The molecule has 1 aromatic carbocycles. The van der Waals surface area contributed by atoms with Gasteiger partial charge in [0.2, 0.25) is 0 Å². The molecule has 1 aliphatic carbocycles. The second kappa shape index (κ2) is 3.80. The fraction of sp³-hybridized carbons (Fsp3) is 0.600. The average molecular weight is 218 g/mol. The van der Waals surface area contributed by atoms with E-state index in [0.29, 0.717) is 11.3 Å². The van der Waals surface area contributed by atoms with Gasteiger partial charge in [-0.1, -0.05) is 32.9 Å². The highest BCUT2D eigenvalue weighted by Gasteiger charge is 2.39. The lowest BCUT2D eigenvalue weighted by molar-refractivity contribution is 0.404. The van der Waals surface area contributed by atoms with Gasteiger partial charge in [-0.25, -0.2) is 0 Å². The molecule has 0 radical (unpaired) electrons. The molecule has 0 unspecified atom stereocenters. The van der Waals surface area contributed by atoms with Crippen molar-refractivity contribution in [2.45, 2.75) is 51.9 Å². The van der Waals surface area contributed by atoms with Gasteiger partial charge in [-0.15, -0.1) is 0 Å². The molecule has 0 heterocycles. The van der Waals surface area contributed by atoms with Crippen molar-refractivity contribution >= 4 is 0 Å². The molecule has 16 heavy (non-hydrogen) atoms. The van der Waals surface area contributed by atoms with E-state index < -0.39 is 0 Å². The first-order valence-corrected chi connectivity index (χ1v) is 6.17. The lowest BCUT2D eigenvalue weighted by atomic mass is 9.90.